The molecule has 3 aromatic rings. The summed E-state index contributed by atoms with van der Waals surface area (Å²) in [4.78, 5) is 25.3. The van der Waals surface area contributed by atoms with Crippen molar-refractivity contribution in [2.45, 2.75) is 19.8 Å². The number of unbranched alkanes of at least 4 members (excludes halogenated alkanes) is 1. The number of benzene rings is 3. The fourth-order valence-corrected chi connectivity index (χ4v) is 2.74. The first-order valence-corrected chi connectivity index (χ1v) is 9.67. The van der Waals surface area contributed by atoms with Gasteiger partial charge in [-0.25, -0.2) is 0 Å². The number of anilines is 2. The monoisotopic (exact) mass is 388 g/mol. The van der Waals surface area contributed by atoms with Crippen LogP contribution in [0.15, 0.2) is 78.9 Å². The lowest BCUT2D eigenvalue weighted by Gasteiger charge is -2.12. The van der Waals surface area contributed by atoms with Gasteiger partial charge >= 0.3 is 0 Å². The smallest absolute Gasteiger partial charge is 0.257 e. The molecule has 0 heterocycles. The van der Waals surface area contributed by atoms with Crippen LogP contribution in [-0.4, -0.2) is 18.4 Å². The quantitative estimate of drug-likeness (QED) is 0.510. The number of carbonyl (C=O) groups is 2. The van der Waals surface area contributed by atoms with Gasteiger partial charge in [0.05, 0.1) is 17.9 Å². The van der Waals surface area contributed by atoms with Crippen molar-refractivity contribution in [2.75, 3.05) is 17.2 Å². The van der Waals surface area contributed by atoms with Gasteiger partial charge in [0.25, 0.3) is 11.8 Å². The van der Waals surface area contributed by atoms with Gasteiger partial charge in [-0.1, -0.05) is 43.7 Å². The lowest BCUT2D eigenvalue weighted by molar-refractivity contribution is 0.102. The fraction of sp³-hybridized carbons (Fsp3) is 0.167. The maximum Gasteiger partial charge on any atom is 0.257 e. The molecule has 5 nitrogen and oxygen atoms in total. The molecule has 148 valence electrons. The average Bonchev–Trinajstić information content (AvgIpc) is 2.75. The zero-order chi connectivity index (χ0) is 20.5. The Bertz CT molecular complexity index is 953. The van der Waals surface area contributed by atoms with Crippen molar-refractivity contribution in [1.82, 2.24) is 0 Å². The number of para-hydroxylation sites is 2. The number of ether oxygens (including phenoxy) is 1. The normalized spacial score (nSPS) is 10.2. The first-order chi connectivity index (χ1) is 14.2. The summed E-state index contributed by atoms with van der Waals surface area (Å²) in [6, 6.07) is 23.1. The molecule has 0 aliphatic carbocycles. The van der Waals surface area contributed by atoms with Crippen LogP contribution < -0.4 is 15.4 Å². The number of hydrogen-bond acceptors (Lipinski definition) is 3. The largest absolute Gasteiger partial charge is 0.494 e. The van der Waals surface area contributed by atoms with E-state index in [1.54, 1.807) is 48.5 Å². The summed E-state index contributed by atoms with van der Waals surface area (Å²) in [5.74, 6) is 0.162. The average molecular weight is 388 g/mol. The van der Waals surface area contributed by atoms with E-state index in [4.69, 9.17) is 4.74 Å². The van der Waals surface area contributed by atoms with Crippen molar-refractivity contribution in [1.29, 1.82) is 0 Å². The molecular formula is C24H24N2O3. The lowest BCUT2D eigenvalue weighted by atomic mass is 10.1. The summed E-state index contributed by atoms with van der Waals surface area (Å²) in [5.41, 5.74) is 2.03. The number of rotatable bonds is 8. The predicted molar refractivity (Wildman–Crippen MR) is 116 cm³/mol. The predicted octanol–water partition coefficient (Wildman–Crippen LogP) is 5.37. The Labute approximate surface area is 170 Å². The van der Waals surface area contributed by atoms with E-state index in [9.17, 15) is 9.59 Å². The van der Waals surface area contributed by atoms with Gasteiger partial charge in [0.2, 0.25) is 0 Å². The van der Waals surface area contributed by atoms with E-state index in [0.29, 0.717) is 29.1 Å². The van der Waals surface area contributed by atoms with Crippen molar-refractivity contribution in [3.8, 4) is 5.75 Å². The third-order valence-electron chi connectivity index (χ3n) is 4.33. The zero-order valence-electron chi connectivity index (χ0n) is 16.4. The summed E-state index contributed by atoms with van der Waals surface area (Å²) < 4.78 is 5.62. The first kappa shape index (κ1) is 20.1. The van der Waals surface area contributed by atoms with E-state index in [-0.39, 0.29) is 11.8 Å². The van der Waals surface area contributed by atoms with Gasteiger partial charge in [-0.05, 0) is 55.0 Å². The molecule has 3 aromatic carbocycles. The third-order valence-corrected chi connectivity index (χ3v) is 4.33. The van der Waals surface area contributed by atoms with Crippen LogP contribution in [0, 0.1) is 0 Å². The lowest BCUT2D eigenvalue weighted by Crippen LogP contribution is -2.18. The van der Waals surface area contributed by atoms with Crippen molar-refractivity contribution in [3.63, 3.8) is 0 Å². The molecule has 0 atom stereocenters. The number of nitrogens with one attached hydrogen (secondary N) is 2. The standard InChI is InChI=1S/C24H24N2O3/c1-2-3-17-29-20-15-13-18(14-16-20)23(27)26-22-12-8-7-11-21(22)24(28)25-19-9-5-4-6-10-19/h4-16H,2-3,17H2,1H3,(H,25,28)(H,26,27). The molecule has 0 spiro atoms. The molecule has 0 aliphatic heterocycles. The molecule has 0 radical (unpaired) electrons. The first-order valence-electron chi connectivity index (χ1n) is 9.67. The van der Waals surface area contributed by atoms with Crippen LogP contribution >= 0.6 is 0 Å². The Balaban J connectivity index is 1.68. The molecule has 0 saturated carbocycles. The van der Waals surface area contributed by atoms with Gasteiger partial charge < -0.3 is 15.4 Å². The second-order valence-electron chi connectivity index (χ2n) is 6.55. The van der Waals surface area contributed by atoms with E-state index < -0.39 is 0 Å². The molecular weight excluding hydrogens is 364 g/mol. The molecule has 5 heteroatoms. The minimum atomic E-state index is -0.287. The van der Waals surface area contributed by atoms with Crippen LogP contribution in [0.5, 0.6) is 5.75 Å². The fourth-order valence-electron chi connectivity index (χ4n) is 2.74. The Morgan fingerprint density at radius 1 is 0.793 bits per heavy atom. The highest BCUT2D eigenvalue weighted by Gasteiger charge is 2.14. The molecule has 0 aliphatic rings. The van der Waals surface area contributed by atoms with E-state index in [1.807, 2.05) is 30.3 Å². The highest BCUT2D eigenvalue weighted by atomic mass is 16.5. The maximum absolute atomic E-state index is 12.6. The molecule has 29 heavy (non-hydrogen) atoms. The highest BCUT2D eigenvalue weighted by Crippen LogP contribution is 2.19. The summed E-state index contributed by atoms with van der Waals surface area (Å²) in [6.45, 7) is 2.76. The zero-order valence-corrected chi connectivity index (χ0v) is 16.4. The van der Waals surface area contributed by atoms with Crippen molar-refractivity contribution >= 4 is 23.2 Å². The summed E-state index contributed by atoms with van der Waals surface area (Å²) in [5, 5.41) is 5.66. The minimum absolute atomic E-state index is 0.285. The van der Waals surface area contributed by atoms with Gasteiger partial charge in [0.15, 0.2) is 0 Å². The van der Waals surface area contributed by atoms with Crippen LogP contribution in [0.4, 0.5) is 11.4 Å². The van der Waals surface area contributed by atoms with Gasteiger partial charge in [-0.15, -0.1) is 0 Å². The Morgan fingerprint density at radius 3 is 2.21 bits per heavy atom. The summed E-state index contributed by atoms with van der Waals surface area (Å²) in [7, 11) is 0. The van der Waals surface area contributed by atoms with E-state index >= 15 is 0 Å². The molecule has 2 N–H and O–H groups in total. The maximum atomic E-state index is 12.6. The van der Waals surface area contributed by atoms with Gasteiger partial charge in [-0.3, -0.25) is 9.59 Å². The van der Waals surface area contributed by atoms with Crippen LogP contribution in [0.1, 0.15) is 40.5 Å². The Kier molecular flexibility index (Phi) is 7.00. The summed E-state index contributed by atoms with van der Waals surface area (Å²) >= 11 is 0. The summed E-state index contributed by atoms with van der Waals surface area (Å²) in [6.07, 6.45) is 2.06. The van der Waals surface area contributed by atoms with Crippen LogP contribution in [0.25, 0.3) is 0 Å². The Hall–Kier alpha value is -3.60. The van der Waals surface area contributed by atoms with Crippen LogP contribution in [-0.2, 0) is 0 Å². The molecule has 3 rings (SSSR count). The van der Waals surface area contributed by atoms with E-state index in [2.05, 4.69) is 17.6 Å². The molecule has 0 fully saturated rings. The van der Waals surface area contributed by atoms with Crippen molar-refractivity contribution in [2.24, 2.45) is 0 Å². The molecule has 0 saturated heterocycles. The van der Waals surface area contributed by atoms with Crippen molar-refractivity contribution in [3.05, 3.63) is 90.0 Å². The van der Waals surface area contributed by atoms with Gasteiger partial charge in [0.1, 0.15) is 5.75 Å². The van der Waals surface area contributed by atoms with Gasteiger partial charge in [-0.2, -0.15) is 0 Å². The van der Waals surface area contributed by atoms with Crippen LogP contribution in [0.2, 0.25) is 0 Å². The number of hydrogen-bond donors (Lipinski definition) is 2. The van der Waals surface area contributed by atoms with Crippen molar-refractivity contribution < 1.29 is 14.3 Å². The molecule has 0 unspecified atom stereocenters. The van der Waals surface area contributed by atoms with Crippen LogP contribution in [0.3, 0.4) is 0 Å². The topological polar surface area (TPSA) is 67.4 Å². The van der Waals surface area contributed by atoms with E-state index in [0.717, 1.165) is 18.6 Å². The molecule has 0 aromatic heterocycles. The SMILES string of the molecule is CCCCOc1ccc(C(=O)Nc2ccccc2C(=O)Nc2ccccc2)cc1. The highest BCUT2D eigenvalue weighted by molar-refractivity contribution is 6.12. The second kappa shape index (κ2) is 10.1. The molecule has 2 amide bonds. The van der Waals surface area contributed by atoms with E-state index in [1.165, 1.54) is 0 Å². The Morgan fingerprint density at radius 2 is 1.48 bits per heavy atom. The van der Waals surface area contributed by atoms with Gasteiger partial charge in [0, 0.05) is 11.3 Å². The number of amides is 2. The third kappa shape index (κ3) is 5.69. The second-order valence-corrected chi connectivity index (χ2v) is 6.55. The minimum Gasteiger partial charge on any atom is -0.494 e. The molecule has 0 bridgehead atoms. The number of carbonyl (C=O) groups excluding carboxylic acids is 2.